The zero-order valence-corrected chi connectivity index (χ0v) is 16.5. The van der Waals surface area contributed by atoms with Gasteiger partial charge in [0.2, 0.25) is 15.9 Å². The molecule has 1 atom stereocenters. The van der Waals surface area contributed by atoms with Crippen molar-refractivity contribution in [2.24, 2.45) is 0 Å². The van der Waals surface area contributed by atoms with Gasteiger partial charge in [0.15, 0.2) is 6.10 Å². The summed E-state index contributed by atoms with van der Waals surface area (Å²) in [5, 5.41) is 7.47. The van der Waals surface area contributed by atoms with Crippen LogP contribution in [0.2, 0.25) is 0 Å². The molecule has 2 heterocycles. The molecular formula is C19H19N3O6S. The van der Waals surface area contributed by atoms with Crippen molar-refractivity contribution in [2.45, 2.75) is 31.4 Å². The highest BCUT2D eigenvalue weighted by Gasteiger charge is 2.16. The first-order valence-electron chi connectivity index (χ1n) is 8.64. The lowest BCUT2D eigenvalue weighted by molar-refractivity contribution is -0.143. The van der Waals surface area contributed by atoms with Gasteiger partial charge >= 0.3 is 5.97 Å². The van der Waals surface area contributed by atoms with Gasteiger partial charge in [-0.2, -0.15) is 0 Å². The Balaban J connectivity index is 1.57. The molecule has 10 heteroatoms. The van der Waals surface area contributed by atoms with E-state index in [1.807, 2.05) is 0 Å². The van der Waals surface area contributed by atoms with Crippen LogP contribution in [-0.2, 0) is 26.1 Å². The van der Waals surface area contributed by atoms with Crippen LogP contribution in [0.15, 0.2) is 62.5 Å². The predicted molar refractivity (Wildman–Crippen MR) is 102 cm³/mol. The van der Waals surface area contributed by atoms with E-state index in [-0.39, 0.29) is 17.3 Å². The second-order valence-electron chi connectivity index (χ2n) is 6.04. The number of carbonyl (C=O) groups excluding carboxylic acids is 1. The monoisotopic (exact) mass is 417 g/mol. The lowest BCUT2D eigenvalue weighted by atomic mass is 10.2. The van der Waals surface area contributed by atoms with Crippen LogP contribution in [-0.4, -0.2) is 24.6 Å². The second kappa shape index (κ2) is 8.84. The number of esters is 1. The van der Waals surface area contributed by atoms with Crippen molar-refractivity contribution in [3.05, 3.63) is 71.8 Å². The van der Waals surface area contributed by atoms with Gasteiger partial charge in [-0.15, -0.1) is 10.2 Å². The number of nitrogens with zero attached hydrogens (tertiary/aromatic N) is 2. The lowest BCUT2D eigenvalue weighted by Crippen LogP contribution is -2.22. The third-order valence-corrected chi connectivity index (χ3v) is 5.22. The van der Waals surface area contributed by atoms with Crippen molar-refractivity contribution < 1.29 is 26.8 Å². The van der Waals surface area contributed by atoms with Crippen molar-refractivity contribution in [3.63, 3.8) is 0 Å². The molecule has 0 fully saturated rings. The van der Waals surface area contributed by atoms with Crippen molar-refractivity contribution >= 4 is 22.1 Å². The van der Waals surface area contributed by atoms with E-state index < -0.39 is 22.1 Å². The van der Waals surface area contributed by atoms with Gasteiger partial charge in [0.1, 0.15) is 5.76 Å². The molecule has 1 unspecified atom stereocenters. The number of hydrogen-bond acceptors (Lipinski definition) is 8. The molecule has 0 aliphatic carbocycles. The molecule has 152 valence electrons. The van der Waals surface area contributed by atoms with Crippen LogP contribution in [0.3, 0.4) is 0 Å². The van der Waals surface area contributed by atoms with Gasteiger partial charge in [0.05, 0.1) is 17.7 Å². The van der Waals surface area contributed by atoms with E-state index in [2.05, 4.69) is 14.9 Å². The van der Waals surface area contributed by atoms with Crippen LogP contribution >= 0.6 is 0 Å². The summed E-state index contributed by atoms with van der Waals surface area (Å²) in [6.45, 7) is 3.32. The molecule has 9 nitrogen and oxygen atoms in total. The van der Waals surface area contributed by atoms with E-state index in [1.54, 1.807) is 38.1 Å². The van der Waals surface area contributed by atoms with Gasteiger partial charge in [-0.3, -0.25) is 0 Å². The number of aryl methyl sites for hydroxylation is 1. The number of aromatic nitrogens is 2. The van der Waals surface area contributed by atoms with Crippen molar-refractivity contribution in [3.8, 4) is 0 Å². The van der Waals surface area contributed by atoms with E-state index in [1.165, 1.54) is 30.5 Å². The molecule has 2 aromatic heterocycles. The molecule has 3 aromatic rings. The first-order valence-corrected chi connectivity index (χ1v) is 10.1. The van der Waals surface area contributed by atoms with Crippen molar-refractivity contribution in [2.75, 3.05) is 0 Å². The average Bonchev–Trinajstić information content (AvgIpc) is 3.37. The Bertz CT molecular complexity index is 1090. The lowest BCUT2D eigenvalue weighted by Gasteiger charge is -2.07. The maximum absolute atomic E-state index is 12.3. The molecule has 1 aromatic carbocycles. The smallest absolute Gasteiger partial charge is 0.331 e. The maximum Gasteiger partial charge on any atom is 0.331 e. The maximum atomic E-state index is 12.3. The molecule has 0 aliphatic rings. The Kier molecular flexibility index (Phi) is 6.25. The first kappa shape index (κ1) is 20.5. The number of furan rings is 1. The third kappa shape index (κ3) is 5.62. The SMILES string of the molecule is Cc1nnc(C(C)OC(=O)/C=C/c2ccc(S(=O)(=O)NCc3ccco3)cc2)o1. The number of sulfonamides is 1. The fourth-order valence-corrected chi connectivity index (χ4v) is 3.32. The summed E-state index contributed by atoms with van der Waals surface area (Å²) < 4.78 is 42.5. The Morgan fingerprint density at radius 1 is 1.24 bits per heavy atom. The second-order valence-corrected chi connectivity index (χ2v) is 7.81. The van der Waals surface area contributed by atoms with E-state index in [0.29, 0.717) is 17.2 Å². The highest BCUT2D eigenvalue weighted by Crippen LogP contribution is 2.16. The number of rotatable bonds is 8. The van der Waals surface area contributed by atoms with Crippen LogP contribution in [0.5, 0.6) is 0 Å². The zero-order valence-electron chi connectivity index (χ0n) is 15.7. The van der Waals surface area contributed by atoms with E-state index >= 15 is 0 Å². The standard InChI is InChI=1S/C19H19N3O6S/c1-13(19-22-21-14(2)28-19)27-18(23)10-7-15-5-8-17(9-6-15)29(24,25)20-12-16-4-3-11-26-16/h3-11,13,20H,12H2,1-2H3/b10-7+. The van der Waals surface area contributed by atoms with Gasteiger partial charge in [-0.05, 0) is 42.8 Å². The third-order valence-electron chi connectivity index (χ3n) is 3.80. The van der Waals surface area contributed by atoms with Crippen LogP contribution in [0.25, 0.3) is 6.08 Å². The van der Waals surface area contributed by atoms with Gasteiger partial charge in [0, 0.05) is 13.0 Å². The molecule has 0 spiro atoms. The first-order chi connectivity index (χ1) is 13.8. The number of carbonyl (C=O) groups is 1. The van der Waals surface area contributed by atoms with Crippen molar-refractivity contribution in [1.82, 2.24) is 14.9 Å². The van der Waals surface area contributed by atoms with Gasteiger partial charge in [-0.25, -0.2) is 17.9 Å². The largest absolute Gasteiger partial charge is 0.468 e. The Morgan fingerprint density at radius 2 is 2.00 bits per heavy atom. The molecule has 0 saturated carbocycles. The summed E-state index contributed by atoms with van der Waals surface area (Å²) in [7, 11) is -3.68. The zero-order chi connectivity index (χ0) is 20.9. The predicted octanol–water partition coefficient (Wildman–Crippen LogP) is 2.77. The van der Waals surface area contributed by atoms with Crippen LogP contribution in [0, 0.1) is 6.92 Å². The number of hydrogen-bond donors (Lipinski definition) is 1. The molecule has 0 amide bonds. The van der Waals surface area contributed by atoms with E-state index in [9.17, 15) is 13.2 Å². The Labute approximate surface area is 167 Å². The van der Waals surface area contributed by atoms with Crippen LogP contribution < -0.4 is 4.72 Å². The van der Waals surface area contributed by atoms with Crippen LogP contribution in [0.1, 0.15) is 36.1 Å². The number of nitrogens with one attached hydrogen (secondary N) is 1. The molecule has 0 saturated heterocycles. The quantitative estimate of drug-likeness (QED) is 0.438. The topological polar surface area (TPSA) is 125 Å². The summed E-state index contributed by atoms with van der Waals surface area (Å²) in [6, 6.07) is 9.40. The summed E-state index contributed by atoms with van der Waals surface area (Å²) in [5.74, 6) is 0.509. The number of benzene rings is 1. The minimum Gasteiger partial charge on any atom is -0.468 e. The van der Waals surface area contributed by atoms with Gasteiger partial charge < -0.3 is 13.6 Å². The highest BCUT2D eigenvalue weighted by molar-refractivity contribution is 7.89. The normalized spacial score (nSPS) is 12.9. The minimum absolute atomic E-state index is 0.0561. The molecule has 3 rings (SSSR count). The minimum atomic E-state index is -3.68. The molecule has 29 heavy (non-hydrogen) atoms. The Hall–Kier alpha value is -3.24. The Morgan fingerprint density at radius 3 is 2.62 bits per heavy atom. The van der Waals surface area contributed by atoms with E-state index in [4.69, 9.17) is 13.6 Å². The summed E-state index contributed by atoms with van der Waals surface area (Å²) in [6.07, 6.45) is 3.54. The summed E-state index contributed by atoms with van der Waals surface area (Å²) in [5.41, 5.74) is 0.633. The fourth-order valence-electron chi connectivity index (χ4n) is 2.33. The van der Waals surface area contributed by atoms with Crippen molar-refractivity contribution in [1.29, 1.82) is 0 Å². The van der Waals surface area contributed by atoms with Gasteiger partial charge in [0.25, 0.3) is 5.89 Å². The molecule has 0 radical (unpaired) electrons. The molecular weight excluding hydrogens is 398 g/mol. The fraction of sp³-hybridized carbons (Fsp3) is 0.211. The highest BCUT2D eigenvalue weighted by atomic mass is 32.2. The van der Waals surface area contributed by atoms with Crippen LogP contribution in [0.4, 0.5) is 0 Å². The number of ether oxygens (including phenoxy) is 1. The van der Waals surface area contributed by atoms with E-state index in [0.717, 1.165) is 0 Å². The summed E-state index contributed by atoms with van der Waals surface area (Å²) in [4.78, 5) is 12.0. The average molecular weight is 417 g/mol. The van der Waals surface area contributed by atoms with Gasteiger partial charge in [-0.1, -0.05) is 12.1 Å². The summed E-state index contributed by atoms with van der Waals surface area (Å²) >= 11 is 0. The molecule has 1 N–H and O–H groups in total. The molecule has 0 bridgehead atoms. The molecule has 0 aliphatic heterocycles.